The van der Waals surface area contributed by atoms with Crippen LogP contribution in [0.4, 0.5) is 0 Å². The van der Waals surface area contributed by atoms with Gasteiger partial charge in [-0.1, -0.05) is 122 Å². The van der Waals surface area contributed by atoms with Gasteiger partial charge in [0.1, 0.15) is 0 Å². The SMILES string of the molecule is COC(=O)CCCCCCCCCCCCCCCCCCCCCC[Si](Cl)(Cl)Cl. The van der Waals surface area contributed by atoms with Gasteiger partial charge in [0.2, 0.25) is 0 Å². The molecule has 0 unspecified atom stereocenters. The molecule has 30 heavy (non-hydrogen) atoms. The van der Waals surface area contributed by atoms with Gasteiger partial charge in [-0.2, -0.15) is 0 Å². The summed E-state index contributed by atoms with van der Waals surface area (Å²) in [7, 11) is 1.47. The molecule has 0 rings (SSSR count). The van der Waals surface area contributed by atoms with E-state index < -0.39 is 6.00 Å². The molecule has 0 aromatic heterocycles. The Labute approximate surface area is 202 Å². The lowest BCUT2D eigenvalue weighted by Crippen LogP contribution is -2.07. The van der Waals surface area contributed by atoms with Gasteiger partial charge in [-0.05, 0) is 12.5 Å². The van der Waals surface area contributed by atoms with Crippen molar-refractivity contribution in [3.05, 3.63) is 0 Å². The molecule has 0 aromatic carbocycles. The van der Waals surface area contributed by atoms with E-state index in [1.165, 1.54) is 116 Å². The van der Waals surface area contributed by atoms with Gasteiger partial charge in [-0.15, -0.1) is 33.2 Å². The molecule has 0 aromatic rings. The van der Waals surface area contributed by atoms with Gasteiger partial charge in [-0.3, -0.25) is 4.79 Å². The number of unbranched alkanes of at least 4 members (excludes halogenated alkanes) is 19. The van der Waals surface area contributed by atoms with Crippen LogP contribution in [0.5, 0.6) is 0 Å². The number of carbonyl (C=O) groups excluding carboxylic acids is 1. The van der Waals surface area contributed by atoms with Crippen molar-refractivity contribution in [2.24, 2.45) is 0 Å². The molecule has 0 amide bonds. The Kier molecular flexibility index (Phi) is 23.2. The highest BCUT2D eigenvalue weighted by Gasteiger charge is 2.23. The molecule has 0 aliphatic rings. The average Bonchev–Trinajstić information content (AvgIpc) is 2.70. The van der Waals surface area contributed by atoms with Crippen molar-refractivity contribution in [3.63, 3.8) is 0 Å². The second-order valence-electron chi connectivity index (χ2n) is 8.76. The number of methoxy groups -OCH3 is 1. The van der Waals surface area contributed by atoms with Gasteiger partial charge in [0.15, 0.2) is 0 Å². The van der Waals surface area contributed by atoms with Crippen LogP contribution in [0.3, 0.4) is 0 Å². The van der Waals surface area contributed by atoms with Crippen LogP contribution >= 0.6 is 33.2 Å². The number of carbonyl (C=O) groups is 1. The Balaban J connectivity index is 3.06. The second-order valence-corrected chi connectivity index (χ2v) is 18.0. The Bertz CT molecular complexity index is 376. The number of halogens is 3. The van der Waals surface area contributed by atoms with Gasteiger partial charge < -0.3 is 4.74 Å². The molecule has 0 atom stereocenters. The summed E-state index contributed by atoms with van der Waals surface area (Å²) in [5.41, 5.74) is 0. The van der Waals surface area contributed by atoms with E-state index >= 15 is 0 Å². The lowest BCUT2D eigenvalue weighted by Gasteiger charge is -2.07. The summed E-state index contributed by atoms with van der Waals surface area (Å²) in [6.07, 6.45) is 27.0. The minimum Gasteiger partial charge on any atom is -0.469 e. The van der Waals surface area contributed by atoms with Crippen molar-refractivity contribution >= 4 is 45.2 Å². The molecule has 0 aliphatic carbocycles. The number of rotatable bonds is 23. The molecule has 0 bridgehead atoms. The third-order valence-electron chi connectivity index (χ3n) is 5.82. The van der Waals surface area contributed by atoms with Crippen LogP contribution in [0.2, 0.25) is 6.04 Å². The number of hydrogen-bond acceptors (Lipinski definition) is 2. The van der Waals surface area contributed by atoms with Crippen molar-refractivity contribution in [3.8, 4) is 0 Å². The Morgan fingerprint density at radius 3 is 1.07 bits per heavy atom. The van der Waals surface area contributed by atoms with E-state index in [1.54, 1.807) is 0 Å². The summed E-state index contributed by atoms with van der Waals surface area (Å²) in [6.45, 7) is 0. The number of esters is 1. The smallest absolute Gasteiger partial charge is 0.341 e. The molecular weight excluding hydrogens is 455 g/mol. The topological polar surface area (TPSA) is 26.3 Å². The first-order valence-electron chi connectivity index (χ1n) is 12.6. The fourth-order valence-electron chi connectivity index (χ4n) is 3.88. The maximum Gasteiger partial charge on any atom is 0.341 e. The fraction of sp³-hybridized carbons (Fsp3) is 0.958. The molecule has 0 saturated carbocycles. The summed E-state index contributed by atoms with van der Waals surface area (Å²) in [6, 6.07) is -1.55. The van der Waals surface area contributed by atoms with Gasteiger partial charge in [0.25, 0.3) is 0 Å². The van der Waals surface area contributed by atoms with Crippen molar-refractivity contribution in [1.82, 2.24) is 0 Å². The zero-order chi connectivity index (χ0) is 22.3. The van der Waals surface area contributed by atoms with E-state index in [0.717, 1.165) is 25.3 Å². The fourth-order valence-corrected chi connectivity index (χ4v) is 5.73. The minimum absolute atomic E-state index is 0.0717. The van der Waals surface area contributed by atoms with Crippen molar-refractivity contribution < 1.29 is 9.53 Å². The van der Waals surface area contributed by atoms with Crippen molar-refractivity contribution in [2.45, 2.75) is 141 Å². The Morgan fingerprint density at radius 2 is 0.800 bits per heavy atom. The highest BCUT2D eigenvalue weighted by atomic mass is 35.8. The first-order valence-corrected chi connectivity index (χ1v) is 17.8. The van der Waals surface area contributed by atoms with Gasteiger partial charge in [0.05, 0.1) is 7.11 Å². The molecule has 0 spiro atoms. The molecule has 0 radical (unpaired) electrons. The molecule has 0 N–H and O–H groups in total. The average molecular weight is 502 g/mol. The molecule has 0 aliphatic heterocycles. The van der Waals surface area contributed by atoms with E-state index in [0.29, 0.717) is 6.42 Å². The third-order valence-corrected chi connectivity index (χ3v) is 8.44. The van der Waals surface area contributed by atoms with E-state index in [-0.39, 0.29) is 5.97 Å². The molecule has 0 saturated heterocycles. The van der Waals surface area contributed by atoms with Gasteiger partial charge in [0, 0.05) is 6.42 Å². The summed E-state index contributed by atoms with van der Waals surface area (Å²) in [5, 5.41) is 0. The van der Waals surface area contributed by atoms with Crippen LogP contribution in [0.25, 0.3) is 0 Å². The summed E-state index contributed by atoms with van der Waals surface area (Å²) < 4.78 is 4.65. The molecule has 0 fully saturated rings. The zero-order valence-corrected chi connectivity index (χ0v) is 22.8. The quantitative estimate of drug-likeness (QED) is 0.0602. The van der Waals surface area contributed by atoms with Crippen LogP contribution in [-0.2, 0) is 9.53 Å². The lowest BCUT2D eigenvalue weighted by atomic mass is 10.0. The first kappa shape index (κ1) is 30.6. The Hall–Kier alpha value is 0.557. The van der Waals surface area contributed by atoms with Crippen LogP contribution in [0.1, 0.15) is 135 Å². The summed E-state index contributed by atoms with van der Waals surface area (Å²) >= 11 is 17.7. The van der Waals surface area contributed by atoms with E-state index in [4.69, 9.17) is 33.2 Å². The van der Waals surface area contributed by atoms with Gasteiger partial charge in [-0.25, -0.2) is 0 Å². The largest absolute Gasteiger partial charge is 0.469 e. The van der Waals surface area contributed by atoms with E-state index in [2.05, 4.69) is 4.74 Å². The first-order chi connectivity index (χ1) is 14.5. The molecule has 2 nitrogen and oxygen atoms in total. The minimum atomic E-state index is -2.37. The predicted octanol–water partition coefficient (Wildman–Crippen LogP) is 10.0. The van der Waals surface area contributed by atoms with Crippen molar-refractivity contribution in [2.75, 3.05) is 7.11 Å². The predicted molar refractivity (Wildman–Crippen MR) is 137 cm³/mol. The van der Waals surface area contributed by atoms with E-state index in [9.17, 15) is 4.79 Å². The standard InChI is InChI=1S/C24H47Cl3O2Si/c1-29-24(28)22-20-18-16-14-12-10-8-6-4-2-3-5-7-9-11-13-15-17-19-21-23-30(25,26)27/h2-23H2,1H3. The molecule has 0 heterocycles. The molecular formula is C24H47Cl3O2Si. The Morgan fingerprint density at radius 1 is 0.533 bits per heavy atom. The second kappa shape index (κ2) is 22.7. The maximum atomic E-state index is 11.0. The number of hydrogen-bond donors (Lipinski definition) is 0. The van der Waals surface area contributed by atoms with Gasteiger partial charge >= 0.3 is 12.0 Å². The number of ether oxygens (including phenoxy) is 1. The summed E-state index contributed by atoms with van der Waals surface area (Å²) in [5.74, 6) is -0.0717. The van der Waals surface area contributed by atoms with Crippen LogP contribution in [-0.4, -0.2) is 19.1 Å². The van der Waals surface area contributed by atoms with E-state index in [1.807, 2.05) is 0 Å². The maximum absolute atomic E-state index is 11.0. The highest BCUT2D eigenvalue weighted by molar-refractivity contribution is 7.64. The van der Waals surface area contributed by atoms with Crippen LogP contribution < -0.4 is 0 Å². The molecule has 180 valence electrons. The highest BCUT2D eigenvalue weighted by Crippen LogP contribution is 2.27. The normalized spacial score (nSPS) is 11.7. The monoisotopic (exact) mass is 500 g/mol. The summed E-state index contributed by atoms with van der Waals surface area (Å²) in [4.78, 5) is 11.0. The lowest BCUT2D eigenvalue weighted by molar-refractivity contribution is -0.140. The zero-order valence-electron chi connectivity index (χ0n) is 19.5. The molecule has 6 heteroatoms. The van der Waals surface area contributed by atoms with Crippen LogP contribution in [0.15, 0.2) is 0 Å². The van der Waals surface area contributed by atoms with Crippen molar-refractivity contribution in [1.29, 1.82) is 0 Å². The van der Waals surface area contributed by atoms with Crippen LogP contribution in [0, 0.1) is 0 Å². The third kappa shape index (κ3) is 26.6.